The van der Waals surface area contributed by atoms with Gasteiger partial charge in [0.2, 0.25) is 0 Å². The van der Waals surface area contributed by atoms with Gasteiger partial charge < -0.3 is 15.3 Å². The first kappa shape index (κ1) is 15.1. The Labute approximate surface area is 126 Å². The number of likely N-dealkylation sites (N-methyl/N-ethyl adjacent to an activating group) is 1. The zero-order valence-electron chi connectivity index (χ0n) is 10.8. The molecule has 0 aromatic heterocycles. The third-order valence-electron chi connectivity index (χ3n) is 3.66. The Morgan fingerprint density at radius 1 is 1.35 bits per heavy atom. The summed E-state index contributed by atoms with van der Waals surface area (Å²) in [5, 5.41) is 12.6. The SMILES string of the molecule is CN1C(=O)C(=O)NCC1(CCO)c1ccc(Cl)c(Cl)c1. The van der Waals surface area contributed by atoms with Crippen molar-refractivity contribution in [3.05, 3.63) is 33.8 Å². The van der Waals surface area contributed by atoms with Gasteiger partial charge in [0, 0.05) is 20.2 Å². The molecule has 0 aliphatic carbocycles. The van der Waals surface area contributed by atoms with E-state index in [1.54, 1.807) is 25.2 Å². The van der Waals surface area contributed by atoms with Crippen LogP contribution in [-0.2, 0) is 15.1 Å². The molecule has 1 aliphatic rings. The number of piperazine rings is 1. The summed E-state index contributed by atoms with van der Waals surface area (Å²) in [4.78, 5) is 24.7. The Bertz CT molecular complexity index is 565. The summed E-state index contributed by atoms with van der Waals surface area (Å²) in [5.41, 5.74) is -0.106. The maximum absolute atomic E-state index is 11.9. The fourth-order valence-electron chi connectivity index (χ4n) is 2.43. The summed E-state index contributed by atoms with van der Waals surface area (Å²) < 4.78 is 0. The number of aliphatic hydroxyl groups excluding tert-OH is 1. The molecular formula is C13H14Cl2N2O3. The van der Waals surface area contributed by atoms with Crippen LogP contribution in [0.1, 0.15) is 12.0 Å². The van der Waals surface area contributed by atoms with E-state index in [1.165, 1.54) is 4.90 Å². The van der Waals surface area contributed by atoms with Gasteiger partial charge in [-0.3, -0.25) is 9.59 Å². The third kappa shape index (κ3) is 2.37. The lowest BCUT2D eigenvalue weighted by molar-refractivity contribution is -0.154. The first-order valence-electron chi connectivity index (χ1n) is 6.05. The van der Waals surface area contributed by atoms with Gasteiger partial charge in [-0.15, -0.1) is 0 Å². The van der Waals surface area contributed by atoms with Crippen LogP contribution in [0.25, 0.3) is 0 Å². The Kier molecular flexibility index (Phi) is 4.22. The Morgan fingerprint density at radius 3 is 2.65 bits per heavy atom. The van der Waals surface area contributed by atoms with Gasteiger partial charge in [-0.2, -0.15) is 0 Å². The smallest absolute Gasteiger partial charge is 0.312 e. The first-order valence-corrected chi connectivity index (χ1v) is 6.80. The molecule has 0 spiro atoms. The van der Waals surface area contributed by atoms with E-state index < -0.39 is 17.4 Å². The van der Waals surface area contributed by atoms with E-state index in [2.05, 4.69) is 5.32 Å². The minimum atomic E-state index is -0.825. The molecule has 5 nitrogen and oxygen atoms in total. The van der Waals surface area contributed by atoms with Crippen molar-refractivity contribution in [1.29, 1.82) is 0 Å². The van der Waals surface area contributed by atoms with E-state index in [0.29, 0.717) is 10.0 Å². The van der Waals surface area contributed by atoms with E-state index in [0.717, 1.165) is 5.56 Å². The molecule has 1 fully saturated rings. The average Bonchev–Trinajstić information content (AvgIpc) is 2.43. The molecule has 108 valence electrons. The van der Waals surface area contributed by atoms with Crippen LogP contribution in [0, 0.1) is 0 Å². The Balaban J connectivity index is 2.51. The maximum Gasteiger partial charge on any atom is 0.312 e. The molecule has 1 aromatic carbocycles. The van der Waals surface area contributed by atoms with Crippen molar-refractivity contribution in [3.8, 4) is 0 Å². The minimum absolute atomic E-state index is 0.131. The molecule has 1 atom stereocenters. The highest BCUT2D eigenvalue weighted by molar-refractivity contribution is 6.42. The number of halogens is 2. The lowest BCUT2D eigenvalue weighted by Crippen LogP contribution is -2.63. The Hall–Kier alpha value is -1.30. The number of carbonyl (C=O) groups is 2. The zero-order chi connectivity index (χ0) is 14.9. The largest absolute Gasteiger partial charge is 0.396 e. The lowest BCUT2D eigenvalue weighted by Gasteiger charge is -2.45. The number of hydrogen-bond donors (Lipinski definition) is 2. The monoisotopic (exact) mass is 316 g/mol. The number of nitrogens with zero attached hydrogens (tertiary/aromatic N) is 1. The van der Waals surface area contributed by atoms with Crippen LogP contribution < -0.4 is 5.32 Å². The number of rotatable bonds is 3. The topological polar surface area (TPSA) is 69.6 Å². The molecule has 0 bridgehead atoms. The van der Waals surface area contributed by atoms with Crippen molar-refractivity contribution in [3.63, 3.8) is 0 Å². The second-order valence-electron chi connectivity index (χ2n) is 4.68. The van der Waals surface area contributed by atoms with Crippen LogP contribution in [0.3, 0.4) is 0 Å². The van der Waals surface area contributed by atoms with Crippen molar-refractivity contribution in [2.75, 3.05) is 20.2 Å². The second-order valence-corrected chi connectivity index (χ2v) is 5.50. The summed E-state index contributed by atoms with van der Waals surface area (Å²) in [6, 6.07) is 5.03. The highest BCUT2D eigenvalue weighted by Crippen LogP contribution is 2.36. The Morgan fingerprint density at radius 2 is 2.05 bits per heavy atom. The molecule has 1 unspecified atom stereocenters. The molecule has 0 radical (unpaired) electrons. The summed E-state index contributed by atoms with van der Waals surface area (Å²) >= 11 is 11.9. The molecule has 0 saturated carbocycles. The van der Waals surface area contributed by atoms with Gasteiger partial charge in [-0.05, 0) is 24.1 Å². The summed E-state index contributed by atoms with van der Waals surface area (Å²) in [6.45, 7) is 0.0837. The molecule has 1 aromatic rings. The number of benzene rings is 1. The van der Waals surface area contributed by atoms with E-state index in [-0.39, 0.29) is 19.6 Å². The molecule has 1 heterocycles. The van der Waals surface area contributed by atoms with Gasteiger partial charge in [0.1, 0.15) is 0 Å². The van der Waals surface area contributed by atoms with Gasteiger partial charge >= 0.3 is 11.8 Å². The van der Waals surface area contributed by atoms with Crippen LogP contribution in [0.15, 0.2) is 18.2 Å². The van der Waals surface area contributed by atoms with Crippen molar-refractivity contribution < 1.29 is 14.7 Å². The van der Waals surface area contributed by atoms with Crippen molar-refractivity contribution >= 4 is 35.0 Å². The summed E-state index contributed by atoms with van der Waals surface area (Å²) in [5.74, 6) is -1.29. The minimum Gasteiger partial charge on any atom is -0.396 e. The summed E-state index contributed by atoms with van der Waals surface area (Å²) in [7, 11) is 1.54. The van der Waals surface area contributed by atoms with Gasteiger partial charge in [0.25, 0.3) is 0 Å². The van der Waals surface area contributed by atoms with E-state index in [4.69, 9.17) is 23.2 Å². The van der Waals surface area contributed by atoms with E-state index >= 15 is 0 Å². The van der Waals surface area contributed by atoms with Crippen LogP contribution in [0.2, 0.25) is 10.0 Å². The molecular weight excluding hydrogens is 303 g/mol. The highest BCUT2D eigenvalue weighted by atomic mass is 35.5. The molecule has 2 rings (SSSR count). The fraction of sp³-hybridized carbons (Fsp3) is 0.385. The van der Waals surface area contributed by atoms with Crippen molar-refractivity contribution in [1.82, 2.24) is 10.2 Å². The number of amides is 2. The number of carbonyl (C=O) groups excluding carboxylic acids is 2. The molecule has 1 saturated heterocycles. The van der Waals surface area contributed by atoms with Crippen molar-refractivity contribution in [2.45, 2.75) is 12.0 Å². The van der Waals surface area contributed by atoms with Crippen LogP contribution in [-0.4, -0.2) is 42.0 Å². The first-order chi connectivity index (χ1) is 9.42. The summed E-state index contributed by atoms with van der Waals surface area (Å²) in [6.07, 6.45) is 0.285. The standard InChI is InChI=1S/C13H14Cl2N2O3/c1-17-12(20)11(19)16-7-13(17,4-5-18)8-2-3-9(14)10(15)6-8/h2-3,6,18H,4-5,7H2,1H3,(H,16,19). The fourth-order valence-corrected chi connectivity index (χ4v) is 2.73. The van der Waals surface area contributed by atoms with E-state index in [1.807, 2.05) is 0 Å². The molecule has 7 heteroatoms. The highest BCUT2D eigenvalue weighted by Gasteiger charge is 2.45. The number of hydrogen-bond acceptors (Lipinski definition) is 3. The van der Waals surface area contributed by atoms with Gasteiger partial charge in [-0.1, -0.05) is 29.3 Å². The van der Waals surface area contributed by atoms with Gasteiger partial charge in [0.15, 0.2) is 0 Å². The predicted molar refractivity (Wildman–Crippen MR) is 75.6 cm³/mol. The van der Waals surface area contributed by atoms with Gasteiger partial charge in [-0.25, -0.2) is 0 Å². The predicted octanol–water partition coefficient (Wildman–Crippen LogP) is 1.16. The van der Waals surface area contributed by atoms with Crippen LogP contribution >= 0.6 is 23.2 Å². The third-order valence-corrected chi connectivity index (χ3v) is 4.40. The van der Waals surface area contributed by atoms with Crippen LogP contribution in [0.5, 0.6) is 0 Å². The normalized spacial score (nSPS) is 22.9. The number of aliphatic hydroxyl groups is 1. The lowest BCUT2D eigenvalue weighted by atomic mass is 9.83. The second kappa shape index (κ2) is 5.60. The maximum atomic E-state index is 11.9. The van der Waals surface area contributed by atoms with Gasteiger partial charge in [0.05, 0.1) is 15.6 Å². The van der Waals surface area contributed by atoms with E-state index in [9.17, 15) is 14.7 Å². The molecule has 1 aliphatic heterocycles. The average molecular weight is 317 g/mol. The zero-order valence-corrected chi connectivity index (χ0v) is 12.3. The van der Waals surface area contributed by atoms with Crippen molar-refractivity contribution in [2.24, 2.45) is 0 Å². The molecule has 2 N–H and O–H groups in total. The number of nitrogens with one attached hydrogen (secondary N) is 1. The molecule has 2 amide bonds. The van der Waals surface area contributed by atoms with Crippen LogP contribution in [0.4, 0.5) is 0 Å². The molecule has 20 heavy (non-hydrogen) atoms. The quantitative estimate of drug-likeness (QED) is 0.822.